The van der Waals surface area contributed by atoms with Crippen molar-refractivity contribution in [3.8, 4) is 5.75 Å². The molecule has 0 aliphatic rings. The molecule has 24 heavy (non-hydrogen) atoms. The van der Waals surface area contributed by atoms with Gasteiger partial charge in [-0.1, -0.05) is 23.8 Å². The number of ether oxygens (including phenoxy) is 1. The van der Waals surface area contributed by atoms with Crippen LogP contribution in [0.2, 0.25) is 0 Å². The van der Waals surface area contributed by atoms with Gasteiger partial charge in [0.05, 0.1) is 19.1 Å². The Balaban J connectivity index is 2.23. The first-order valence-corrected chi connectivity index (χ1v) is 7.59. The second-order valence-corrected chi connectivity index (χ2v) is 5.83. The van der Waals surface area contributed by atoms with Crippen LogP contribution in [0.5, 0.6) is 5.75 Å². The van der Waals surface area contributed by atoms with E-state index in [0.29, 0.717) is 17.0 Å². The van der Waals surface area contributed by atoms with E-state index in [2.05, 4.69) is 5.32 Å². The SMILES string of the molecule is COc1ccc(C)cc1CC(=O)Nc1cc(C(=O)O)c(C)cc1C. The fourth-order valence-electron chi connectivity index (χ4n) is 2.63. The molecular weight excluding hydrogens is 306 g/mol. The number of carbonyl (C=O) groups is 2. The van der Waals surface area contributed by atoms with Crippen LogP contribution in [0, 0.1) is 20.8 Å². The monoisotopic (exact) mass is 327 g/mol. The van der Waals surface area contributed by atoms with Gasteiger partial charge in [-0.2, -0.15) is 0 Å². The highest BCUT2D eigenvalue weighted by atomic mass is 16.5. The molecule has 0 heterocycles. The van der Waals surface area contributed by atoms with Crippen molar-refractivity contribution in [3.63, 3.8) is 0 Å². The van der Waals surface area contributed by atoms with Crippen molar-refractivity contribution in [2.45, 2.75) is 27.2 Å². The number of nitrogens with one attached hydrogen (secondary N) is 1. The van der Waals surface area contributed by atoms with E-state index in [-0.39, 0.29) is 17.9 Å². The van der Waals surface area contributed by atoms with Crippen LogP contribution in [-0.4, -0.2) is 24.1 Å². The third-order valence-corrected chi connectivity index (χ3v) is 3.86. The van der Waals surface area contributed by atoms with E-state index in [0.717, 1.165) is 16.7 Å². The number of hydrogen-bond acceptors (Lipinski definition) is 3. The summed E-state index contributed by atoms with van der Waals surface area (Å²) in [5, 5.41) is 12.0. The molecule has 0 aromatic heterocycles. The van der Waals surface area contributed by atoms with Gasteiger partial charge in [0.1, 0.15) is 5.75 Å². The molecule has 0 bridgehead atoms. The van der Waals surface area contributed by atoms with Gasteiger partial charge in [-0.15, -0.1) is 0 Å². The van der Waals surface area contributed by atoms with Crippen molar-refractivity contribution >= 4 is 17.6 Å². The molecule has 5 nitrogen and oxygen atoms in total. The molecule has 0 aliphatic carbocycles. The molecule has 0 radical (unpaired) electrons. The highest BCUT2D eigenvalue weighted by molar-refractivity contribution is 5.96. The second-order valence-electron chi connectivity index (χ2n) is 5.83. The summed E-state index contributed by atoms with van der Waals surface area (Å²) in [5.74, 6) is -0.576. The van der Waals surface area contributed by atoms with Gasteiger partial charge in [0.15, 0.2) is 0 Å². The number of carbonyl (C=O) groups excluding carboxylic acids is 1. The Morgan fingerprint density at radius 2 is 1.79 bits per heavy atom. The number of rotatable bonds is 5. The van der Waals surface area contributed by atoms with Crippen molar-refractivity contribution in [2.24, 2.45) is 0 Å². The maximum Gasteiger partial charge on any atom is 0.336 e. The van der Waals surface area contributed by atoms with Crippen molar-refractivity contribution < 1.29 is 19.4 Å². The lowest BCUT2D eigenvalue weighted by molar-refractivity contribution is -0.115. The number of anilines is 1. The third kappa shape index (κ3) is 3.93. The number of benzene rings is 2. The number of carboxylic acids is 1. The lowest BCUT2D eigenvalue weighted by atomic mass is 10.0. The standard InChI is InChI=1S/C19H21NO4/c1-11-5-6-17(24-4)14(7-11)9-18(21)20-16-10-15(19(22)23)12(2)8-13(16)3/h5-8,10H,9H2,1-4H3,(H,20,21)(H,22,23). The van der Waals surface area contributed by atoms with E-state index < -0.39 is 5.97 Å². The summed E-state index contributed by atoms with van der Waals surface area (Å²) in [5.41, 5.74) is 4.01. The first kappa shape index (κ1) is 17.5. The minimum Gasteiger partial charge on any atom is -0.496 e. The van der Waals surface area contributed by atoms with E-state index in [1.165, 1.54) is 6.07 Å². The minimum absolute atomic E-state index is 0.153. The van der Waals surface area contributed by atoms with Crippen molar-refractivity contribution in [1.82, 2.24) is 0 Å². The van der Waals surface area contributed by atoms with Gasteiger partial charge < -0.3 is 15.2 Å². The topological polar surface area (TPSA) is 75.6 Å². The number of methoxy groups -OCH3 is 1. The summed E-state index contributed by atoms with van der Waals surface area (Å²) in [7, 11) is 1.56. The van der Waals surface area contributed by atoms with Crippen molar-refractivity contribution in [3.05, 3.63) is 58.1 Å². The summed E-state index contributed by atoms with van der Waals surface area (Å²) >= 11 is 0. The summed E-state index contributed by atoms with van der Waals surface area (Å²) in [4.78, 5) is 23.6. The van der Waals surface area contributed by atoms with Crippen LogP contribution in [0.4, 0.5) is 5.69 Å². The zero-order valence-electron chi connectivity index (χ0n) is 14.3. The van der Waals surface area contributed by atoms with E-state index >= 15 is 0 Å². The highest BCUT2D eigenvalue weighted by Crippen LogP contribution is 2.23. The van der Waals surface area contributed by atoms with E-state index in [1.54, 1.807) is 20.1 Å². The zero-order chi connectivity index (χ0) is 17.9. The Kier molecular flexibility index (Phi) is 5.24. The Hall–Kier alpha value is -2.82. The zero-order valence-corrected chi connectivity index (χ0v) is 14.3. The fourth-order valence-corrected chi connectivity index (χ4v) is 2.63. The summed E-state index contributed by atoms with van der Waals surface area (Å²) < 4.78 is 5.28. The van der Waals surface area contributed by atoms with Gasteiger partial charge in [-0.05, 0) is 44.0 Å². The summed E-state index contributed by atoms with van der Waals surface area (Å²) in [6.45, 7) is 5.52. The number of aryl methyl sites for hydroxylation is 3. The Morgan fingerprint density at radius 3 is 2.42 bits per heavy atom. The first-order chi connectivity index (χ1) is 11.3. The minimum atomic E-state index is -1.01. The van der Waals surface area contributed by atoms with Gasteiger partial charge in [-0.3, -0.25) is 4.79 Å². The summed E-state index contributed by atoms with van der Waals surface area (Å²) in [6.07, 6.45) is 0.153. The number of amides is 1. The predicted molar refractivity (Wildman–Crippen MR) is 92.9 cm³/mol. The van der Waals surface area contributed by atoms with Gasteiger partial charge >= 0.3 is 5.97 Å². The Labute approximate surface area is 141 Å². The molecule has 126 valence electrons. The molecule has 1 amide bonds. The first-order valence-electron chi connectivity index (χ1n) is 7.59. The van der Waals surface area contributed by atoms with E-state index in [9.17, 15) is 14.7 Å². The van der Waals surface area contributed by atoms with E-state index in [4.69, 9.17) is 4.74 Å². The van der Waals surface area contributed by atoms with Crippen LogP contribution >= 0.6 is 0 Å². The molecule has 2 aromatic carbocycles. The number of hydrogen-bond donors (Lipinski definition) is 2. The highest BCUT2D eigenvalue weighted by Gasteiger charge is 2.14. The molecule has 0 aliphatic heterocycles. The molecule has 0 fully saturated rings. The normalized spacial score (nSPS) is 10.3. The molecule has 0 unspecified atom stereocenters. The van der Waals surface area contributed by atoms with Crippen LogP contribution in [0.1, 0.15) is 32.6 Å². The molecule has 2 rings (SSSR count). The van der Waals surface area contributed by atoms with Gasteiger partial charge in [-0.25, -0.2) is 4.79 Å². The lowest BCUT2D eigenvalue weighted by Gasteiger charge is -2.13. The van der Waals surface area contributed by atoms with Crippen LogP contribution in [-0.2, 0) is 11.2 Å². The second kappa shape index (κ2) is 7.17. The molecule has 2 aromatic rings. The van der Waals surface area contributed by atoms with Gasteiger partial charge in [0, 0.05) is 11.3 Å². The lowest BCUT2D eigenvalue weighted by Crippen LogP contribution is -2.16. The maximum atomic E-state index is 12.4. The van der Waals surface area contributed by atoms with Gasteiger partial charge in [0.2, 0.25) is 5.91 Å². The quantitative estimate of drug-likeness (QED) is 0.881. The van der Waals surface area contributed by atoms with Crippen LogP contribution in [0.15, 0.2) is 30.3 Å². The third-order valence-electron chi connectivity index (χ3n) is 3.86. The smallest absolute Gasteiger partial charge is 0.336 e. The molecular formula is C19H21NO4. The average molecular weight is 327 g/mol. The molecule has 0 saturated heterocycles. The average Bonchev–Trinajstić information content (AvgIpc) is 2.49. The molecule has 0 atom stereocenters. The number of aromatic carboxylic acids is 1. The Morgan fingerprint density at radius 1 is 1.08 bits per heavy atom. The Bertz CT molecular complexity index is 796. The molecule has 2 N–H and O–H groups in total. The van der Waals surface area contributed by atoms with Crippen molar-refractivity contribution in [2.75, 3.05) is 12.4 Å². The fraction of sp³-hybridized carbons (Fsp3) is 0.263. The molecule has 5 heteroatoms. The molecule has 0 spiro atoms. The molecule has 0 saturated carbocycles. The van der Waals surface area contributed by atoms with Crippen LogP contribution in [0.25, 0.3) is 0 Å². The van der Waals surface area contributed by atoms with E-state index in [1.807, 2.05) is 32.0 Å². The summed E-state index contributed by atoms with van der Waals surface area (Å²) in [6, 6.07) is 8.91. The van der Waals surface area contributed by atoms with Crippen LogP contribution < -0.4 is 10.1 Å². The predicted octanol–water partition coefficient (Wildman–Crippen LogP) is 3.50. The van der Waals surface area contributed by atoms with Gasteiger partial charge in [0.25, 0.3) is 0 Å². The number of carboxylic acid groups (broad SMARTS) is 1. The van der Waals surface area contributed by atoms with Crippen LogP contribution in [0.3, 0.4) is 0 Å². The van der Waals surface area contributed by atoms with Crippen molar-refractivity contribution in [1.29, 1.82) is 0 Å². The largest absolute Gasteiger partial charge is 0.496 e. The maximum absolute atomic E-state index is 12.4.